The lowest BCUT2D eigenvalue weighted by molar-refractivity contribution is -0.288. The molecule has 2 aromatic rings. The van der Waals surface area contributed by atoms with E-state index in [0.717, 1.165) is 6.42 Å². The number of ether oxygens (including phenoxy) is 3. The Morgan fingerprint density at radius 3 is 2.22 bits per heavy atom. The van der Waals surface area contributed by atoms with Crippen LogP contribution in [0.2, 0.25) is 0 Å². The minimum absolute atomic E-state index is 0.426. The molecule has 2 bridgehead atoms. The summed E-state index contributed by atoms with van der Waals surface area (Å²) in [5, 5.41) is 39.5. The fourth-order valence-corrected chi connectivity index (χ4v) is 4.80. The highest BCUT2D eigenvalue weighted by molar-refractivity contribution is 5.89. The molecule has 2 aliphatic rings. The highest BCUT2D eigenvalue weighted by Gasteiger charge is 2.79. The summed E-state index contributed by atoms with van der Waals surface area (Å²) in [4.78, 5) is 0. The smallest absolute Gasteiger partial charge is 0.244 e. The van der Waals surface area contributed by atoms with Gasteiger partial charge < -0.3 is 14.2 Å². The van der Waals surface area contributed by atoms with Gasteiger partial charge in [-0.25, -0.2) is 0 Å². The summed E-state index contributed by atoms with van der Waals surface area (Å²) in [7, 11) is 0. The van der Waals surface area contributed by atoms with E-state index in [9.17, 15) is 15.8 Å². The first-order valence-corrected chi connectivity index (χ1v) is 10.4. The van der Waals surface area contributed by atoms with Crippen molar-refractivity contribution >= 4 is 5.90 Å². The molecule has 0 radical (unpaired) electrons. The molecule has 7 heteroatoms. The molecule has 1 N–H and O–H groups in total. The van der Waals surface area contributed by atoms with Crippen LogP contribution in [-0.4, -0.2) is 12.5 Å². The number of hydrogen-bond acceptors (Lipinski definition) is 7. The minimum atomic E-state index is -1.99. The van der Waals surface area contributed by atoms with Gasteiger partial charge in [-0.2, -0.15) is 15.8 Å². The normalized spacial score (nSPS) is 29.8. The predicted octanol–water partition coefficient (Wildman–Crippen LogP) is 4.59. The maximum absolute atomic E-state index is 10.3. The Kier molecular flexibility index (Phi) is 5.13. The van der Waals surface area contributed by atoms with Crippen LogP contribution >= 0.6 is 0 Å². The second kappa shape index (κ2) is 7.68. The van der Waals surface area contributed by atoms with Gasteiger partial charge in [0.25, 0.3) is 0 Å². The van der Waals surface area contributed by atoms with Gasteiger partial charge in [-0.3, -0.25) is 5.41 Å². The Bertz CT molecular complexity index is 1140. The average molecular weight is 426 g/mol. The lowest BCUT2D eigenvalue weighted by Gasteiger charge is -2.48. The van der Waals surface area contributed by atoms with E-state index in [4.69, 9.17) is 19.6 Å². The fourth-order valence-electron chi connectivity index (χ4n) is 4.80. The van der Waals surface area contributed by atoms with Crippen LogP contribution in [0.3, 0.4) is 0 Å². The number of rotatable bonds is 5. The van der Waals surface area contributed by atoms with E-state index in [2.05, 4.69) is 18.2 Å². The standard InChI is InChI=1S/C25H22N4O3/c1-3-13-30-20-11-9-18(10-12-20)21-23(14-26,15-27)24(16-28)17(2)25(31-21,32-22(24)29)19-7-5-4-6-8-19/h4-12,17,21,29H,3,13H2,1-2H3. The van der Waals surface area contributed by atoms with Gasteiger partial charge in [0.1, 0.15) is 11.9 Å². The molecule has 2 saturated heterocycles. The maximum Gasteiger partial charge on any atom is 0.244 e. The Labute approximate surface area is 186 Å². The molecule has 4 unspecified atom stereocenters. The monoisotopic (exact) mass is 426 g/mol. The summed E-state index contributed by atoms with van der Waals surface area (Å²) >= 11 is 0. The molecular formula is C25H22N4O3. The van der Waals surface area contributed by atoms with Gasteiger partial charge in [-0.05, 0) is 24.1 Å². The van der Waals surface area contributed by atoms with Crippen molar-refractivity contribution in [2.24, 2.45) is 16.7 Å². The van der Waals surface area contributed by atoms with Crippen molar-refractivity contribution in [3.63, 3.8) is 0 Å². The van der Waals surface area contributed by atoms with Gasteiger partial charge >= 0.3 is 0 Å². The minimum Gasteiger partial charge on any atom is -0.494 e. The van der Waals surface area contributed by atoms with Crippen molar-refractivity contribution in [2.45, 2.75) is 32.2 Å². The van der Waals surface area contributed by atoms with Crippen molar-refractivity contribution in [3.05, 3.63) is 65.7 Å². The number of benzene rings is 2. The van der Waals surface area contributed by atoms with Gasteiger partial charge in [0.2, 0.25) is 17.1 Å². The van der Waals surface area contributed by atoms with Crippen LogP contribution in [0.15, 0.2) is 54.6 Å². The van der Waals surface area contributed by atoms with Crippen LogP contribution in [0, 0.1) is 56.2 Å². The third-order valence-corrected chi connectivity index (χ3v) is 6.50. The zero-order valence-corrected chi connectivity index (χ0v) is 17.8. The zero-order valence-electron chi connectivity index (χ0n) is 17.8. The zero-order chi connectivity index (χ0) is 23.0. The first kappa shape index (κ1) is 21.4. The van der Waals surface area contributed by atoms with Crippen molar-refractivity contribution in [2.75, 3.05) is 6.61 Å². The molecule has 0 saturated carbocycles. The molecule has 7 nitrogen and oxygen atoms in total. The van der Waals surface area contributed by atoms with Crippen LogP contribution in [-0.2, 0) is 15.3 Å². The van der Waals surface area contributed by atoms with Crippen molar-refractivity contribution in [1.82, 2.24) is 0 Å². The highest BCUT2D eigenvalue weighted by atomic mass is 16.7. The second-order valence-electron chi connectivity index (χ2n) is 8.05. The molecule has 160 valence electrons. The predicted molar refractivity (Wildman–Crippen MR) is 114 cm³/mol. The SMILES string of the molecule is CCCOc1ccc(C2OC3(c4ccccc4)OC(=N)C(C#N)(C3C)C2(C#N)C#N)cc1. The topological polar surface area (TPSA) is 123 Å². The first-order chi connectivity index (χ1) is 15.5. The largest absolute Gasteiger partial charge is 0.494 e. The lowest BCUT2D eigenvalue weighted by atomic mass is 9.53. The van der Waals surface area contributed by atoms with Crippen LogP contribution in [0.1, 0.15) is 37.5 Å². The average Bonchev–Trinajstić information content (AvgIpc) is 3.00. The third-order valence-electron chi connectivity index (χ3n) is 6.50. The van der Waals surface area contributed by atoms with E-state index in [1.807, 2.05) is 25.1 Å². The van der Waals surface area contributed by atoms with E-state index in [1.54, 1.807) is 43.3 Å². The van der Waals surface area contributed by atoms with Gasteiger partial charge in [-0.1, -0.05) is 56.3 Å². The van der Waals surface area contributed by atoms with E-state index in [1.165, 1.54) is 0 Å². The quantitative estimate of drug-likeness (QED) is 0.746. The summed E-state index contributed by atoms with van der Waals surface area (Å²) in [6.07, 6.45) is -0.266. The number of nitrogens with one attached hydrogen (secondary N) is 1. The van der Waals surface area contributed by atoms with Crippen LogP contribution in [0.4, 0.5) is 0 Å². The van der Waals surface area contributed by atoms with Gasteiger partial charge in [0.05, 0.1) is 30.7 Å². The molecule has 2 heterocycles. The van der Waals surface area contributed by atoms with Gasteiger partial charge in [-0.15, -0.1) is 0 Å². The third kappa shape index (κ3) is 2.57. The maximum atomic E-state index is 10.3. The molecule has 32 heavy (non-hydrogen) atoms. The number of nitriles is 3. The van der Waals surface area contributed by atoms with E-state index < -0.39 is 34.5 Å². The molecule has 0 aliphatic carbocycles. The Morgan fingerprint density at radius 1 is 1.00 bits per heavy atom. The van der Waals surface area contributed by atoms with Crippen LogP contribution < -0.4 is 4.74 Å². The lowest BCUT2D eigenvalue weighted by Crippen LogP contribution is -2.57. The number of fused-ring (bicyclic) bond motifs is 2. The molecule has 2 aromatic carbocycles. The number of nitrogens with zero attached hydrogens (tertiary/aromatic N) is 3. The highest BCUT2D eigenvalue weighted by Crippen LogP contribution is 2.68. The van der Waals surface area contributed by atoms with Crippen molar-refractivity contribution in [3.8, 4) is 24.0 Å². The van der Waals surface area contributed by atoms with Crippen molar-refractivity contribution < 1.29 is 14.2 Å². The van der Waals surface area contributed by atoms with Gasteiger partial charge in [0, 0.05) is 5.56 Å². The van der Waals surface area contributed by atoms with E-state index in [-0.39, 0.29) is 0 Å². The van der Waals surface area contributed by atoms with Crippen molar-refractivity contribution in [1.29, 1.82) is 21.2 Å². The summed E-state index contributed by atoms with van der Waals surface area (Å²) in [6.45, 7) is 4.27. The Balaban J connectivity index is 1.92. The summed E-state index contributed by atoms with van der Waals surface area (Å²) in [5.74, 6) is -2.03. The summed E-state index contributed by atoms with van der Waals surface area (Å²) < 4.78 is 18.1. The molecule has 0 aromatic heterocycles. The fraction of sp³-hybridized carbons (Fsp3) is 0.360. The summed E-state index contributed by atoms with van der Waals surface area (Å²) in [6, 6.07) is 22.2. The molecule has 2 aliphatic heterocycles. The summed E-state index contributed by atoms with van der Waals surface area (Å²) in [5.41, 5.74) is -2.65. The van der Waals surface area contributed by atoms with E-state index >= 15 is 0 Å². The molecule has 4 rings (SSSR count). The molecule has 0 amide bonds. The first-order valence-electron chi connectivity index (χ1n) is 10.4. The molecular weight excluding hydrogens is 404 g/mol. The van der Waals surface area contributed by atoms with Crippen LogP contribution in [0.5, 0.6) is 5.75 Å². The molecule has 4 atom stereocenters. The number of hydrogen-bond donors (Lipinski definition) is 1. The Hall–Kier alpha value is -3.86. The van der Waals surface area contributed by atoms with Crippen LogP contribution in [0.25, 0.3) is 0 Å². The second-order valence-corrected chi connectivity index (χ2v) is 8.05. The molecule has 0 spiro atoms. The molecule has 2 fully saturated rings. The Morgan fingerprint density at radius 2 is 1.66 bits per heavy atom. The van der Waals surface area contributed by atoms with E-state index in [0.29, 0.717) is 23.5 Å². The van der Waals surface area contributed by atoms with Gasteiger partial charge in [0.15, 0.2) is 5.41 Å².